The summed E-state index contributed by atoms with van der Waals surface area (Å²) in [6.07, 6.45) is 2.50. The topological polar surface area (TPSA) is 9.23 Å². The summed E-state index contributed by atoms with van der Waals surface area (Å²) in [7, 11) is -0.974. The Morgan fingerprint density at radius 3 is 2.03 bits per heavy atom. The monoisotopic (exact) mass is 419 g/mol. The predicted octanol–water partition coefficient (Wildman–Crippen LogP) is 7.23. The van der Waals surface area contributed by atoms with E-state index in [-0.39, 0.29) is 0 Å². The number of hydrogen-bond donors (Lipinski definition) is 0. The van der Waals surface area contributed by atoms with Crippen molar-refractivity contribution in [2.75, 3.05) is 6.61 Å². The molecule has 1 nitrogen and oxygen atoms in total. The zero-order valence-corrected chi connectivity index (χ0v) is 19.5. The van der Waals surface area contributed by atoms with Crippen LogP contribution in [0.3, 0.4) is 0 Å². The maximum Gasteiger partial charge on any atom is 0.247 e. The molecule has 0 amide bonds. The molecule has 5 aromatic carbocycles. The van der Waals surface area contributed by atoms with Gasteiger partial charge in [-0.15, -0.1) is 0 Å². The van der Waals surface area contributed by atoms with E-state index in [1.807, 2.05) is 0 Å². The van der Waals surface area contributed by atoms with Crippen LogP contribution in [0.1, 0.15) is 29.5 Å². The van der Waals surface area contributed by atoms with Crippen molar-refractivity contribution in [2.24, 2.45) is 0 Å². The SMILES string of the molecule is Cc1c(C)c([Si]2CCCCO2)c2cc3c(ccc4cc5ccccc5cc43)cc2c1C. The normalized spacial score (nSPS) is 15.5. The number of hydrogen-bond acceptors (Lipinski definition) is 1. The van der Waals surface area contributed by atoms with Crippen LogP contribution in [0.5, 0.6) is 0 Å². The van der Waals surface area contributed by atoms with Gasteiger partial charge in [0, 0.05) is 6.61 Å². The van der Waals surface area contributed by atoms with Gasteiger partial charge in [0.25, 0.3) is 0 Å². The molecule has 1 fully saturated rings. The van der Waals surface area contributed by atoms with E-state index in [4.69, 9.17) is 4.43 Å². The molecule has 1 aliphatic rings. The highest BCUT2D eigenvalue weighted by molar-refractivity contribution is 6.71. The van der Waals surface area contributed by atoms with E-state index in [9.17, 15) is 0 Å². The molecule has 0 unspecified atom stereocenters. The van der Waals surface area contributed by atoms with E-state index in [2.05, 4.69) is 81.4 Å². The molecular weight excluding hydrogens is 392 g/mol. The Morgan fingerprint density at radius 2 is 1.29 bits per heavy atom. The van der Waals surface area contributed by atoms with E-state index >= 15 is 0 Å². The highest BCUT2D eigenvalue weighted by atomic mass is 28.3. The van der Waals surface area contributed by atoms with Gasteiger partial charge in [0.2, 0.25) is 9.04 Å². The molecule has 0 aliphatic carbocycles. The van der Waals surface area contributed by atoms with Gasteiger partial charge in [0.05, 0.1) is 0 Å². The van der Waals surface area contributed by atoms with E-state index in [1.54, 1.807) is 0 Å². The maximum absolute atomic E-state index is 6.41. The molecule has 0 N–H and O–H groups in total. The quantitative estimate of drug-likeness (QED) is 0.158. The fourth-order valence-electron chi connectivity index (χ4n) is 5.40. The molecule has 5 aromatic rings. The third-order valence-corrected chi connectivity index (χ3v) is 9.93. The molecule has 1 saturated heterocycles. The lowest BCUT2D eigenvalue weighted by atomic mass is 9.91. The number of aryl methyl sites for hydroxylation is 1. The maximum atomic E-state index is 6.41. The van der Waals surface area contributed by atoms with Crippen LogP contribution in [-0.2, 0) is 4.43 Å². The summed E-state index contributed by atoms with van der Waals surface area (Å²) >= 11 is 0. The molecule has 31 heavy (non-hydrogen) atoms. The summed E-state index contributed by atoms with van der Waals surface area (Å²) in [5.74, 6) is 0. The Kier molecular flexibility index (Phi) is 4.41. The third kappa shape index (κ3) is 2.93. The van der Waals surface area contributed by atoms with Gasteiger partial charge >= 0.3 is 0 Å². The molecular formula is C29H27OSi. The van der Waals surface area contributed by atoms with Gasteiger partial charge in [-0.1, -0.05) is 42.8 Å². The van der Waals surface area contributed by atoms with Crippen LogP contribution in [0.15, 0.2) is 60.7 Å². The Balaban J connectivity index is 1.74. The van der Waals surface area contributed by atoms with Crippen molar-refractivity contribution in [2.45, 2.75) is 39.7 Å². The lowest BCUT2D eigenvalue weighted by molar-refractivity contribution is 0.295. The average Bonchev–Trinajstić information content (AvgIpc) is 2.81. The van der Waals surface area contributed by atoms with Gasteiger partial charge in [-0.25, -0.2) is 0 Å². The Labute approximate surface area is 185 Å². The van der Waals surface area contributed by atoms with Crippen molar-refractivity contribution in [3.63, 3.8) is 0 Å². The minimum atomic E-state index is -0.974. The molecule has 1 radical (unpaired) electrons. The van der Waals surface area contributed by atoms with Gasteiger partial charge < -0.3 is 4.43 Å². The van der Waals surface area contributed by atoms with Crippen LogP contribution in [0.2, 0.25) is 6.04 Å². The van der Waals surface area contributed by atoms with Crippen LogP contribution >= 0.6 is 0 Å². The van der Waals surface area contributed by atoms with E-state index in [0.29, 0.717) is 0 Å². The summed E-state index contributed by atoms with van der Waals surface area (Å²) < 4.78 is 6.41. The molecule has 0 spiro atoms. The molecule has 0 bridgehead atoms. The Hall–Kier alpha value is -2.68. The molecule has 1 heterocycles. The smallest absolute Gasteiger partial charge is 0.247 e. The molecule has 0 atom stereocenters. The summed E-state index contributed by atoms with van der Waals surface area (Å²) in [4.78, 5) is 0. The minimum absolute atomic E-state index is 0.921. The summed E-state index contributed by atoms with van der Waals surface area (Å²) in [6, 6.07) is 24.1. The first-order valence-electron chi connectivity index (χ1n) is 11.4. The van der Waals surface area contributed by atoms with E-state index in [1.165, 1.54) is 83.9 Å². The van der Waals surface area contributed by atoms with Crippen LogP contribution < -0.4 is 5.19 Å². The minimum Gasteiger partial charge on any atom is -0.412 e. The average molecular weight is 420 g/mol. The van der Waals surface area contributed by atoms with Crippen LogP contribution in [0.4, 0.5) is 0 Å². The number of fused-ring (bicyclic) bond motifs is 5. The van der Waals surface area contributed by atoms with Gasteiger partial charge in [-0.05, 0) is 122 Å². The van der Waals surface area contributed by atoms with Crippen LogP contribution in [0.25, 0.3) is 43.1 Å². The first kappa shape index (κ1) is 19.0. The Morgan fingerprint density at radius 1 is 0.613 bits per heavy atom. The van der Waals surface area contributed by atoms with Gasteiger partial charge in [0.15, 0.2) is 0 Å². The van der Waals surface area contributed by atoms with Crippen molar-refractivity contribution < 1.29 is 4.43 Å². The number of benzene rings is 5. The molecule has 6 rings (SSSR count). The van der Waals surface area contributed by atoms with Crippen molar-refractivity contribution >= 4 is 57.3 Å². The predicted molar refractivity (Wildman–Crippen MR) is 136 cm³/mol. The highest BCUT2D eigenvalue weighted by Gasteiger charge is 2.26. The zero-order valence-electron chi connectivity index (χ0n) is 18.5. The van der Waals surface area contributed by atoms with Gasteiger partial charge in [-0.2, -0.15) is 0 Å². The highest BCUT2D eigenvalue weighted by Crippen LogP contribution is 2.34. The lowest BCUT2D eigenvalue weighted by Gasteiger charge is -2.26. The largest absolute Gasteiger partial charge is 0.412 e. The second-order valence-corrected chi connectivity index (χ2v) is 11.2. The Bertz CT molecular complexity index is 1490. The second-order valence-electron chi connectivity index (χ2n) is 9.08. The van der Waals surface area contributed by atoms with Crippen LogP contribution in [-0.4, -0.2) is 15.6 Å². The van der Waals surface area contributed by atoms with Gasteiger partial charge in [0.1, 0.15) is 0 Å². The number of rotatable bonds is 1. The van der Waals surface area contributed by atoms with E-state index in [0.717, 1.165) is 6.61 Å². The molecule has 2 heteroatoms. The standard InChI is InChI=1S/C29H27OSi/c1-18-19(2)25-16-24-11-10-23-14-21-8-4-5-9-22(21)15-26(23)27(24)17-28(25)29(20(18)3)31-13-7-6-12-30-31/h4-5,8-11,14-17H,6-7,12-13H2,1-3H3. The first-order chi connectivity index (χ1) is 15.1. The summed E-state index contributed by atoms with van der Waals surface area (Å²) in [6.45, 7) is 7.81. The van der Waals surface area contributed by atoms with Crippen molar-refractivity contribution in [1.82, 2.24) is 0 Å². The summed E-state index contributed by atoms with van der Waals surface area (Å²) in [5.41, 5.74) is 4.29. The zero-order chi connectivity index (χ0) is 21.1. The lowest BCUT2D eigenvalue weighted by Crippen LogP contribution is -2.39. The van der Waals surface area contributed by atoms with Crippen molar-refractivity contribution in [3.8, 4) is 0 Å². The second kappa shape index (κ2) is 7.18. The fraction of sp³-hybridized carbons (Fsp3) is 0.241. The molecule has 153 valence electrons. The molecule has 1 aliphatic heterocycles. The van der Waals surface area contributed by atoms with E-state index < -0.39 is 9.04 Å². The molecule has 0 aromatic heterocycles. The fourth-order valence-corrected chi connectivity index (χ4v) is 8.01. The first-order valence-corrected chi connectivity index (χ1v) is 13.0. The molecule has 0 saturated carbocycles. The van der Waals surface area contributed by atoms with Gasteiger partial charge in [-0.3, -0.25) is 0 Å². The summed E-state index contributed by atoms with van der Waals surface area (Å²) in [5, 5.41) is 12.3. The third-order valence-electron chi connectivity index (χ3n) is 7.37. The van der Waals surface area contributed by atoms with Crippen molar-refractivity contribution in [3.05, 3.63) is 77.4 Å². The van der Waals surface area contributed by atoms with Crippen LogP contribution in [0, 0.1) is 20.8 Å². The van der Waals surface area contributed by atoms with Crippen molar-refractivity contribution in [1.29, 1.82) is 0 Å².